The van der Waals surface area contributed by atoms with Crippen molar-refractivity contribution in [3.8, 4) is 17.0 Å². The van der Waals surface area contributed by atoms with Gasteiger partial charge in [-0.25, -0.2) is 4.68 Å². The Morgan fingerprint density at radius 3 is 1.86 bits per heavy atom. The van der Waals surface area contributed by atoms with Crippen LogP contribution in [0.3, 0.4) is 0 Å². The maximum Gasteiger partial charge on any atom is 0.322 e. The van der Waals surface area contributed by atoms with Gasteiger partial charge in [0.1, 0.15) is 12.2 Å². The Morgan fingerprint density at radius 2 is 1.39 bits per heavy atom. The molecule has 8 heteroatoms. The van der Waals surface area contributed by atoms with Gasteiger partial charge in [-0.2, -0.15) is 5.10 Å². The molecule has 0 saturated carbocycles. The molecule has 0 atom stereocenters. The highest BCUT2D eigenvalue weighted by atomic mass is 16.4. The molecule has 0 aliphatic rings. The van der Waals surface area contributed by atoms with Crippen molar-refractivity contribution in [2.75, 3.05) is 6.54 Å². The molecule has 0 aliphatic heterocycles. The number of carbonyl (C=O) groups is 2. The van der Waals surface area contributed by atoms with E-state index in [0.29, 0.717) is 5.56 Å². The lowest BCUT2D eigenvalue weighted by Gasteiger charge is -2.20. The lowest BCUT2D eigenvalue weighted by Crippen LogP contribution is -2.37. The van der Waals surface area contributed by atoms with E-state index >= 15 is 0 Å². The molecule has 0 bridgehead atoms. The van der Waals surface area contributed by atoms with E-state index in [1.807, 2.05) is 36.4 Å². The topological polar surface area (TPSA) is 122 Å². The average Bonchev–Trinajstić information content (AvgIpc) is 2.79. The second-order valence-electron chi connectivity index (χ2n) is 10.9. The summed E-state index contributed by atoms with van der Waals surface area (Å²) in [5.74, 6) is -2.84. The normalized spacial score (nSPS) is 11.8. The zero-order chi connectivity index (χ0) is 26.8. The smallest absolute Gasteiger partial charge is 0.322 e. The molecule has 36 heavy (non-hydrogen) atoms. The molecule has 0 radical (unpaired) electrons. The predicted octanol–water partition coefficient (Wildman–Crippen LogP) is 4.07. The summed E-state index contributed by atoms with van der Waals surface area (Å²) in [6, 6.07) is 15.1. The van der Waals surface area contributed by atoms with Gasteiger partial charge >= 0.3 is 5.97 Å². The Labute approximate surface area is 210 Å². The van der Waals surface area contributed by atoms with E-state index in [-0.39, 0.29) is 23.1 Å². The predicted molar refractivity (Wildman–Crippen MR) is 139 cm³/mol. The van der Waals surface area contributed by atoms with Crippen LogP contribution in [0.15, 0.2) is 53.3 Å². The minimum absolute atomic E-state index is 0.0338. The Kier molecular flexibility index (Phi) is 7.38. The van der Waals surface area contributed by atoms with Gasteiger partial charge in [0, 0.05) is 5.56 Å². The van der Waals surface area contributed by atoms with Gasteiger partial charge in [0.2, 0.25) is 0 Å². The zero-order valence-corrected chi connectivity index (χ0v) is 21.5. The monoisotopic (exact) mass is 491 g/mol. The first kappa shape index (κ1) is 26.7. The Hall–Kier alpha value is -3.94. The van der Waals surface area contributed by atoms with Crippen molar-refractivity contribution in [3.05, 3.63) is 81.1 Å². The van der Waals surface area contributed by atoms with Crippen LogP contribution in [-0.4, -0.2) is 38.4 Å². The number of aliphatic carboxylic acids is 1. The molecular weight excluding hydrogens is 458 g/mol. The number of benzene rings is 2. The molecule has 2 aromatic carbocycles. The third-order valence-electron chi connectivity index (χ3n) is 5.93. The molecule has 8 nitrogen and oxygen atoms in total. The lowest BCUT2D eigenvalue weighted by molar-refractivity contribution is -0.135. The highest BCUT2D eigenvalue weighted by molar-refractivity contribution is 5.99. The molecule has 1 amide bonds. The summed E-state index contributed by atoms with van der Waals surface area (Å²) < 4.78 is 1.12. The molecule has 0 saturated heterocycles. The Balaban J connectivity index is 2.12. The van der Waals surface area contributed by atoms with E-state index in [1.165, 1.54) is 0 Å². The SMILES string of the molecule is CC(C)(C)c1ccc(Cn2nc(-c3ccc(C(C)(C)C)cc3)c(O)c(C(=O)NCC(=O)O)c2=O)cc1. The number of rotatable bonds is 6. The first-order chi connectivity index (χ1) is 16.7. The van der Waals surface area contributed by atoms with Crippen molar-refractivity contribution in [2.24, 2.45) is 0 Å². The summed E-state index contributed by atoms with van der Waals surface area (Å²) in [6.07, 6.45) is 0. The van der Waals surface area contributed by atoms with Gasteiger partial charge in [-0.1, -0.05) is 90.1 Å². The van der Waals surface area contributed by atoms with Crippen molar-refractivity contribution in [3.63, 3.8) is 0 Å². The molecule has 0 unspecified atom stereocenters. The fourth-order valence-corrected chi connectivity index (χ4v) is 3.72. The summed E-state index contributed by atoms with van der Waals surface area (Å²) in [5.41, 5.74) is 2.07. The number of hydrogen-bond donors (Lipinski definition) is 3. The maximum absolute atomic E-state index is 13.2. The Bertz CT molecular complexity index is 1330. The van der Waals surface area contributed by atoms with Crippen LogP contribution in [0.1, 0.15) is 68.6 Å². The summed E-state index contributed by atoms with van der Waals surface area (Å²) in [7, 11) is 0. The van der Waals surface area contributed by atoms with Crippen LogP contribution in [0.25, 0.3) is 11.3 Å². The van der Waals surface area contributed by atoms with Crippen LogP contribution < -0.4 is 10.9 Å². The number of carboxylic acids is 1. The van der Waals surface area contributed by atoms with Crippen LogP contribution in [0, 0.1) is 0 Å². The van der Waals surface area contributed by atoms with E-state index in [4.69, 9.17) is 5.11 Å². The van der Waals surface area contributed by atoms with Gasteiger partial charge in [-0.05, 0) is 27.5 Å². The highest BCUT2D eigenvalue weighted by Crippen LogP contribution is 2.31. The summed E-state index contributed by atoms with van der Waals surface area (Å²) in [6.45, 7) is 11.9. The number of carboxylic acid groups (broad SMARTS) is 1. The largest absolute Gasteiger partial charge is 0.505 e. The standard InChI is InChI=1S/C28H33N3O5/c1-27(2,3)19-11-7-17(8-12-19)16-31-26(36)22(25(35)29-15-21(32)33)24(34)23(30-31)18-9-13-20(14-10-18)28(4,5)6/h7-14,34H,15-16H2,1-6H3,(H,29,35)(H,32,33). The van der Waals surface area contributed by atoms with Gasteiger partial charge in [-0.3, -0.25) is 14.4 Å². The minimum atomic E-state index is -1.27. The molecule has 190 valence electrons. The van der Waals surface area contributed by atoms with E-state index in [1.54, 1.807) is 12.1 Å². The quantitative estimate of drug-likeness (QED) is 0.478. The molecule has 3 N–H and O–H groups in total. The van der Waals surface area contributed by atoms with Gasteiger partial charge < -0.3 is 15.5 Å². The zero-order valence-electron chi connectivity index (χ0n) is 21.5. The molecule has 0 spiro atoms. The molecule has 1 heterocycles. The molecule has 3 aromatic rings. The van der Waals surface area contributed by atoms with Gasteiger partial charge in [0.15, 0.2) is 11.3 Å². The van der Waals surface area contributed by atoms with E-state index in [9.17, 15) is 19.5 Å². The fraction of sp³-hybridized carbons (Fsp3) is 0.357. The highest BCUT2D eigenvalue weighted by Gasteiger charge is 2.25. The maximum atomic E-state index is 13.2. The number of hydrogen-bond acceptors (Lipinski definition) is 5. The minimum Gasteiger partial charge on any atom is -0.505 e. The molecule has 3 rings (SSSR count). The number of carbonyl (C=O) groups excluding carboxylic acids is 1. The molecular formula is C28H33N3O5. The lowest BCUT2D eigenvalue weighted by atomic mass is 9.86. The average molecular weight is 492 g/mol. The van der Waals surface area contributed by atoms with Gasteiger partial charge in [0.25, 0.3) is 11.5 Å². The summed E-state index contributed by atoms with van der Waals surface area (Å²) in [5, 5.41) is 26.4. The second-order valence-corrected chi connectivity index (χ2v) is 10.9. The van der Waals surface area contributed by atoms with Gasteiger partial charge in [0.05, 0.1) is 6.54 Å². The molecule has 0 aliphatic carbocycles. The first-order valence-corrected chi connectivity index (χ1v) is 11.7. The van der Waals surface area contributed by atoms with E-state index < -0.39 is 35.3 Å². The van der Waals surface area contributed by atoms with Crippen LogP contribution >= 0.6 is 0 Å². The van der Waals surface area contributed by atoms with Crippen LogP contribution in [0.2, 0.25) is 0 Å². The van der Waals surface area contributed by atoms with Crippen molar-refractivity contribution in [2.45, 2.75) is 58.9 Å². The number of aromatic hydroxyl groups is 1. The van der Waals surface area contributed by atoms with Crippen LogP contribution in [0.5, 0.6) is 5.75 Å². The second kappa shape index (κ2) is 9.97. The molecule has 1 aromatic heterocycles. The van der Waals surface area contributed by atoms with E-state index in [0.717, 1.165) is 21.4 Å². The van der Waals surface area contributed by atoms with Crippen LogP contribution in [0.4, 0.5) is 0 Å². The number of nitrogens with zero attached hydrogens (tertiary/aromatic N) is 2. The Morgan fingerprint density at radius 1 is 0.889 bits per heavy atom. The number of nitrogens with one attached hydrogen (secondary N) is 1. The van der Waals surface area contributed by atoms with Crippen molar-refractivity contribution < 1.29 is 19.8 Å². The number of aromatic nitrogens is 2. The third-order valence-corrected chi connectivity index (χ3v) is 5.93. The summed E-state index contributed by atoms with van der Waals surface area (Å²) >= 11 is 0. The number of amides is 1. The van der Waals surface area contributed by atoms with Crippen LogP contribution in [-0.2, 0) is 22.2 Å². The van der Waals surface area contributed by atoms with Gasteiger partial charge in [-0.15, -0.1) is 0 Å². The van der Waals surface area contributed by atoms with Crippen molar-refractivity contribution in [1.29, 1.82) is 0 Å². The first-order valence-electron chi connectivity index (χ1n) is 11.7. The third kappa shape index (κ3) is 6.00. The van der Waals surface area contributed by atoms with Crippen molar-refractivity contribution in [1.82, 2.24) is 15.1 Å². The molecule has 0 fully saturated rings. The van der Waals surface area contributed by atoms with E-state index in [2.05, 4.69) is 52.0 Å². The fourth-order valence-electron chi connectivity index (χ4n) is 3.72. The summed E-state index contributed by atoms with van der Waals surface area (Å²) in [4.78, 5) is 36.9. The van der Waals surface area contributed by atoms with Crippen molar-refractivity contribution >= 4 is 11.9 Å².